The SMILES string of the molecule is O=C(O)CCC(CC1CCCCC1)NC(=O)c1cnc(C(F)(F)F)nc1. The summed E-state index contributed by atoms with van der Waals surface area (Å²) in [4.78, 5) is 29.5. The van der Waals surface area contributed by atoms with Crippen molar-refractivity contribution in [2.45, 2.75) is 63.6 Å². The molecule has 1 saturated carbocycles. The van der Waals surface area contributed by atoms with Crippen molar-refractivity contribution in [2.75, 3.05) is 0 Å². The van der Waals surface area contributed by atoms with Crippen LogP contribution in [0.4, 0.5) is 13.2 Å². The molecule has 26 heavy (non-hydrogen) atoms. The number of carboxylic acids is 1. The molecule has 0 aromatic carbocycles. The van der Waals surface area contributed by atoms with Crippen molar-refractivity contribution in [3.63, 3.8) is 0 Å². The molecule has 1 unspecified atom stereocenters. The Kier molecular flexibility index (Phi) is 6.93. The third kappa shape index (κ3) is 6.27. The minimum absolute atomic E-state index is 0.0815. The number of carboxylic acid groups (broad SMARTS) is 1. The number of aromatic nitrogens is 2. The van der Waals surface area contributed by atoms with Crippen molar-refractivity contribution in [1.82, 2.24) is 15.3 Å². The van der Waals surface area contributed by atoms with Crippen LogP contribution in [0.1, 0.15) is 67.5 Å². The lowest BCUT2D eigenvalue weighted by atomic mass is 9.84. The molecule has 2 rings (SSSR count). The summed E-state index contributed by atoms with van der Waals surface area (Å²) in [5.41, 5.74) is -0.0815. The van der Waals surface area contributed by atoms with Crippen molar-refractivity contribution < 1.29 is 27.9 Å². The minimum atomic E-state index is -4.67. The average molecular weight is 373 g/mol. The fourth-order valence-electron chi connectivity index (χ4n) is 3.23. The minimum Gasteiger partial charge on any atom is -0.481 e. The largest absolute Gasteiger partial charge is 0.481 e. The number of aliphatic carboxylic acids is 1. The second-order valence-electron chi connectivity index (χ2n) is 6.64. The van der Waals surface area contributed by atoms with Gasteiger partial charge in [-0.15, -0.1) is 0 Å². The second kappa shape index (κ2) is 8.95. The summed E-state index contributed by atoms with van der Waals surface area (Å²) in [5.74, 6) is -2.43. The van der Waals surface area contributed by atoms with E-state index in [-0.39, 0.29) is 24.4 Å². The van der Waals surface area contributed by atoms with Gasteiger partial charge in [0.2, 0.25) is 5.82 Å². The van der Waals surface area contributed by atoms with E-state index < -0.39 is 23.9 Å². The molecule has 1 fully saturated rings. The Hall–Kier alpha value is -2.19. The van der Waals surface area contributed by atoms with Crippen LogP contribution in [0.3, 0.4) is 0 Å². The first kappa shape index (κ1) is 20.1. The molecule has 1 amide bonds. The number of amides is 1. The van der Waals surface area contributed by atoms with E-state index in [0.29, 0.717) is 12.3 Å². The van der Waals surface area contributed by atoms with Gasteiger partial charge in [0.1, 0.15) is 0 Å². The van der Waals surface area contributed by atoms with Gasteiger partial charge in [0, 0.05) is 24.9 Å². The number of nitrogens with zero attached hydrogens (tertiary/aromatic N) is 2. The molecule has 0 radical (unpaired) electrons. The third-order valence-electron chi connectivity index (χ3n) is 4.55. The van der Waals surface area contributed by atoms with Crippen molar-refractivity contribution >= 4 is 11.9 Å². The van der Waals surface area contributed by atoms with E-state index in [1.165, 1.54) is 6.42 Å². The lowest BCUT2D eigenvalue weighted by Gasteiger charge is -2.27. The van der Waals surface area contributed by atoms with Crippen molar-refractivity contribution in [3.05, 3.63) is 23.8 Å². The average Bonchev–Trinajstić information content (AvgIpc) is 2.60. The van der Waals surface area contributed by atoms with Gasteiger partial charge in [-0.05, 0) is 18.8 Å². The highest BCUT2D eigenvalue weighted by Crippen LogP contribution is 2.28. The first-order valence-corrected chi connectivity index (χ1v) is 8.67. The van der Waals surface area contributed by atoms with E-state index in [1.807, 2.05) is 0 Å². The van der Waals surface area contributed by atoms with Gasteiger partial charge in [-0.25, -0.2) is 9.97 Å². The standard InChI is InChI=1S/C17H22F3N3O3/c18-17(19,20)16-21-9-12(10-22-16)15(26)23-13(6-7-14(24)25)8-11-4-2-1-3-5-11/h9-11,13H,1-8H2,(H,23,26)(H,24,25). The Labute approximate surface area is 149 Å². The third-order valence-corrected chi connectivity index (χ3v) is 4.55. The number of carbonyl (C=O) groups is 2. The van der Waals surface area contributed by atoms with Crippen LogP contribution in [0.25, 0.3) is 0 Å². The van der Waals surface area contributed by atoms with Gasteiger partial charge in [-0.3, -0.25) is 9.59 Å². The molecule has 1 aromatic heterocycles. The molecular weight excluding hydrogens is 351 g/mol. The van der Waals surface area contributed by atoms with E-state index >= 15 is 0 Å². The molecule has 2 N–H and O–H groups in total. The van der Waals surface area contributed by atoms with Gasteiger partial charge >= 0.3 is 12.1 Å². The van der Waals surface area contributed by atoms with Crippen LogP contribution in [0.5, 0.6) is 0 Å². The summed E-state index contributed by atoms with van der Waals surface area (Å²) in [6.07, 6.45) is 3.38. The molecule has 1 heterocycles. The molecular formula is C17H22F3N3O3. The number of hydrogen-bond donors (Lipinski definition) is 2. The Morgan fingerprint density at radius 1 is 1.19 bits per heavy atom. The van der Waals surface area contributed by atoms with Crippen LogP contribution >= 0.6 is 0 Å². The highest BCUT2D eigenvalue weighted by molar-refractivity contribution is 5.93. The van der Waals surface area contributed by atoms with E-state index in [2.05, 4.69) is 15.3 Å². The monoisotopic (exact) mass is 373 g/mol. The summed E-state index contributed by atoms with van der Waals surface area (Å²) in [7, 11) is 0. The summed E-state index contributed by atoms with van der Waals surface area (Å²) < 4.78 is 37.5. The van der Waals surface area contributed by atoms with Crippen molar-refractivity contribution in [3.8, 4) is 0 Å². The topological polar surface area (TPSA) is 92.2 Å². The maximum Gasteiger partial charge on any atom is 0.451 e. The zero-order valence-corrected chi connectivity index (χ0v) is 14.3. The van der Waals surface area contributed by atoms with Crippen LogP contribution in [0, 0.1) is 5.92 Å². The molecule has 0 aliphatic heterocycles. The predicted molar refractivity (Wildman–Crippen MR) is 86.4 cm³/mol. The lowest BCUT2D eigenvalue weighted by molar-refractivity contribution is -0.145. The van der Waals surface area contributed by atoms with E-state index in [1.54, 1.807) is 0 Å². The predicted octanol–water partition coefficient (Wildman–Crippen LogP) is 3.43. The number of hydrogen-bond acceptors (Lipinski definition) is 4. The number of nitrogens with one attached hydrogen (secondary N) is 1. The van der Waals surface area contributed by atoms with Crippen LogP contribution in [0.15, 0.2) is 12.4 Å². The normalized spacial score (nSPS) is 16.9. The first-order valence-electron chi connectivity index (χ1n) is 8.67. The molecule has 0 bridgehead atoms. The zero-order valence-electron chi connectivity index (χ0n) is 14.3. The number of carbonyl (C=O) groups excluding carboxylic acids is 1. The Bertz CT molecular complexity index is 614. The van der Waals surface area contributed by atoms with Crippen molar-refractivity contribution in [2.24, 2.45) is 5.92 Å². The Morgan fingerprint density at radius 2 is 1.81 bits per heavy atom. The molecule has 1 aromatic rings. The molecule has 144 valence electrons. The highest BCUT2D eigenvalue weighted by Gasteiger charge is 2.34. The zero-order chi connectivity index (χ0) is 19.2. The van der Waals surface area contributed by atoms with E-state index in [4.69, 9.17) is 5.11 Å². The van der Waals surface area contributed by atoms with Gasteiger partial charge in [0.05, 0.1) is 5.56 Å². The molecule has 6 nitrogen and oxygen atoms in total. The fourth-order valence-corrected chi connectivity index (χ4v) is 3.23. The van der Waals surface area contributed by atoms with Crippen LogP contribution in [0.2, 0.25) is 0 Å². The van der Waals surface area contributed by atoms with Gasteiger partial charge in [0.15, 0.2) is 0 Å². The summed E-state index contributed by atoms with van der Waals surface area (Å²) in [6, 6.07) is -0.344. The number of alkyl halides is 3. The number of halogens is 3. The van der Waals surface area contributed by atoms with Crippen LogP contribution < -0.4 is 5.32 Å². The van der Waals surface area contributed by atoms with Crippen LogP contribution in [-0.2, 0) is 11.0 Å². The second-order valence-corrected chi connectivity index (χ2v) is 6.64. The summed E-state index contributed by atoms with van der Waals surface area (Å²) in [5, 5.41) is 11.6. The molecule has 9 heteroatoms. The van der Waals surface area contributed by atoms with Crippen LogP contribution in [-0.4, -0.2) is 33.0 Å². The lowest BCUT2D eigenvalue weighted by Crippen LogP contribution is -2.37. The van der Waals surface area contributed by atoms with Gasteiger partial charge < -0.3 is 10.4 Å². The van der Waals surface area contributed by atoms with Gasteiger partial charge in [-0.1, -0.05) is 32.1 Å². The van der Waals surface area contributed by atoms with Gasteiger partial charge in [0.25, 0.3) is 5.91 Å². The van der Waals surface area contributed by atoms with Crippen molar-refractivity contribution in [1.29, 1.82) is 0 Å². The summed E-state index contributed by atoms with van der Waals surface area (Å²) in [6.45, 7) is 0. The smallest absolute Gasteiger partial charge is 0.451 e. The highest BCUT2D eigenvalue weighted by atomic mass is 19.4. The molecule has 1 aliphatic rings. The summed E-state index contributed by atoms with van der Waals surface area (Å²) >= 11 is 0. The quantitative estimate of drug-likeness (QED) is 0.764. The molecule has 1 aliphatic carbocycles. The first-order chi connectivity index (χ1) is 12.3. The Morgan fingerprint density at radius 3 is 2.35 bits per heavy atom. The number of rotatable bonds is 7. The molecule has 0 spiro atoms. The maximum absolute atomic E-state index is 12.5. The van der Waals surface area contributed by atoms with Gasteiger partial charge in [-0.2, -0.15) is 13.2 Å². The Balaban J connectivity index is 2.00. The fraction of sp³-hybridized carbons (Fsp3) is 0.647. The van der Waals surface area contributed by atoms with E-state index in [9.17, 15) is 22.8 Å². The maximum atomic E-state index is 12.5. The molecule has 0 saturated heterocycles. The van der Waals surface area contributed by atoms with E-state index in [0.717, 1.165) is 38.1 Å². The molecule has 1 atom stereocenters.